The van der Waals surface area contributed by atoms with Gasteiger partial charge < -0.3 is 10.4 Å². The van der Waals surface area contributed by atoms with Crippen LogP contribution in [0.1, 0.15) is 26.2 Å². The van der Waals surface area contributed by atoms with Crippen molar-refractivity contribution in [3.05, 3.63) is 12.2 Å². The van der Waals surface area contributed by atoms with Crippen molar-refractivity contribution in [2.45, 2.75) is 43.6 Å². The predicted molar refractivity (Wildman–Crippen MR) is 70.5 cm³/mol. The number of amides is 2. The van der Waals surface area contributed by atoms with E-state index in [0.29, 0.717) is 5.75 Å². The second-order valence-electron chi connectivity index (χ2n) is 4.62. The molecule has 100 valence electrons. The van der Waals surface area contributed by atoms with Gasteiger partial charge in [-0.2, -0.15) is 0 Å². The summed E-state index contributed by atoms with van der Waals surface area (Å²) in [5.74, 6) is -0.459. The molecule has 18 heavy (non-hydrogen) atoms. The lowest BCUT2D eigenvalue weighted by Crippen LogP contribution is -2.52. The van der Waals surface area contributed by atoms with E-state index in [4.69, 9.17) is 5.11 Å². The fraction of sp³-hybridized carbons (Fsp3) is 0.667. The minimum Gasteiger partial charge on any atom is -0.480 e. The largest absolute Gasteiger partial charge is 0.480 e. The van der Waals surface area contributed by atoms with Crippen LogP contribution in [0.5, 0.6) is 0 Å². The summed E-state index contributed by atoms with van der Waals surface area (Å²) in [5.41, 5.74) is 0. The van der Waals surface area contributed by atoms with Crippen molar-refractivity contribution in [1.29, 1.82) is 0 Å². The average Bonchev–Trinajstić information content (AvgIpc) is 2.72. The van der Waals surface area contributed by atoms with E-state index in [0.717, 1.165) is 19.3 Å². The molecule has 1 aliphatic heterocycles. The maximum Gasteiger partial charge on any atom is 0.327 e. The van der Waals surface area contributed by atoms with E-state index in [2.05, 4.69) is 17.5 Å². The zero-order valence-electron chi connectivity index (χ0n) is 10.3. The fourth-order valence-electron chi connectivity index (χ4n) is 2.32. The number of carbonyl (C=O) groups is 2. The van der Waals surface area contributed by atoms with Crippen LogP contribution in [0, 0.1) is 0 Å². The van der Waals surface area contributed by atoms with E-state index in [9.17, 15) is 9.59 Å². The molecule has 0 aromatic rings. The molecule has 1 aliphatic carbocycles. The zero-order chi connectivity index (χ0) is 13.1. The molecule has 6 heteroatoms. The van der Waals surface area contributed by atoms with E-state index in [1.165, 1.54) is 16.7 Å². The number of allylic oxidation sites excluding steroid dienone is 1. The molecule has 0 aromatic carbocycles. The molecule has 1 heterocycles. The first-order valence-electron chi connectivity index (χ1n) is 6.18. The Kier molecular flexibility index (Phi) is 4.16. The number of carbonyl (C=O) groups excluding carboxylic acids is 1. The smallest absolute Gasteiger partial charge is 0.327 e. The summed E-state index contributed by atoms with van der Waals surface area (Å²) in [6.07, 6.45) is 6.90. The molecule has 2 N–H and O–H groups in total. The third kappa shape index (κ3) is 2.80. The van der Waals surface area contributed by atoms with Crippen LogP contribution < -0.4 is 5.32 Å². The topological polar surface area (TPSA) is 69.6 Å². The summed E-state index contributed by atoms with van der Waals surface area (Å²) >= 11 is 1.50. The van der Waals surface area contributed by atoms with Gasteiger partial charge in [0, 0.05) is 11.8 Å². The number of nitrogens with zero attached hydrogens (tertiary/aromatic N) is 1. The molecule has 3 atom stereocenters. The predicted octanol–water partition coefficient (Wildman–Crippen LogP) is 1.65. The molecular formula is C12H18N2O3S. The van der Waals surface area contributed by atoms with E-state index in [-0.39, 0.29) is 17.4 Å². The molecule has 2 aliphatic rings. The van der Waals surface area contributed by atoms with Gasteiger partial charge in [0.15, 0.2) is 0 Å². The van der Waals surface area contributed by atoms with Crippen LogP contribution in [0.15, 0.2) is 12.2 Å². The highest BCUT2D eigenvalue weighted by atomic mass is 32.2. The molecule has 2 amide bonds. The second kappa shape index (κ2) is 5.65. The molecule has 0 spiro atoms. The molecule has 1 saturated heterocycles. The number of rotatable bonds is 2. The van der Waals surface area contributed by atoms with Gasteiger partial charge in [-0.3, -0.25) is 4.90 Å². The van der Waals surface area contributed by atoms with Crippen LogP contribution in [0.4, 0.5) is 4.79 Å². The van der Waals surface area contributed by atoms with Gasteiger partial charge in [-0.25, -0.2) is 9.59 Å². The quantitative estimate of drug-likeness (QED) is 0.749. The molecule has 0 aromatic heterocycles. The van der Waals surface area contributed by atoms with Gasteiger partial charge in [-0.15, -0.1) is 11.8 Å². The number of nitrogens with one attached hydrogen (secondary N) is 1. The first kappa shape index (κ1) is 13.3. The Morgan fingerprint density at radius 3 is 2.83 bits per heavy atom. The Balaban J connectivity index is 1.98. The van der Waals surface area contributed by atoms with E-state index >= 15 is 0 Å². The van der Waals surface area contributed by atoms with Crippen LogP contribution in [-0.2, 0) is 4.79 Å². The molecule has 2 rings (SSSR count). The summed E-state index contributed by atoms with van der Waals surface area (Å²) in [7, 11) is 0. The molecule has 1 fully saturated rings. The Hall–Kier alpha value is -1.17. The number of urea groups is 1. The Bertz CT molecular complexity index is 372. The Morgan fingerprint density at radius 2 is 2.22 bits per heavy atom. The van der Waals surface area contributed by atoms with Crippen molar-refractivity contribution in [1.82, 2.24) is 10.2 Å². The third-order valence-electron chi connectivity index (χ3n) is 3.34. The standard InChI is InChI=1S/C12H18N2O3S/c1-8-14(10(7-18-8)11(15)16)12(17)13-9-5-3-2-4-6-9/h2-3,8-10H,4-7H2,1H3,(H,13,17)(H,15,16). The summed E-state index contributed by atoms with van der Waals surface area (Å²) in [6.45, 7) is 1.87. The Labute approximate surface area is 111 Å². The summed E-state index contributed by atoms with van der Waals surface area (Å²) < 4.78 is 0. The number of carboxylic acids is 1. The van der Waals surface area contributed by atoms with Crippen molar-refractivity contribution in [3.8, 4) is 0 Å². The van der Waals surface area contributed by atoms with Gasteiger partial charge in [-0.05, 0) is 26.2 Å². The van der Waals surface area contributed by atoms with Crippen molar-refractivity contribution in [2.75, 3.05) is 5.75 Å². The van der Waals surface area contributed by atoms with Crippen LogP contribution in [-0.4, -0.2) is 45.2 Å². The normalized spacial score (nSPS) is 31.4. The third-order valence-corrected chi connectivity index (χ3v) is 4.56. The van der Waals surface area contributed by atoms with Gasteiger partial charge in [0.05, 0.1) is 5.37 Å². The lowest BCUT2D eigenvalue weighted by atomic mass is 10.0. The van der Waals surface area contributed by atoms with Gasteiger partial charge in [0.2, 0.25) is 0 Å². The summed E-state index contributed by atoms with van der Waals surface area (Å²) in [5, 5.41) is 12.0. The summed E-state index contributed by atoms with van der Waals surface area (Å²) in [6, 6.07) is -0.820. The van der Waals surface area contributed by atoms with Crippen molar-refractivity contribution >= 4 is 23.8 Å². The number of thioether (sulfide) groups is 1. The number of hydrogen-bond acceptors (Lipinski definition) is 3. The highest BCUT2D eigenvalue weighted by Crippen LogP contribution is 2.29. The lowest BCUT2D eigenvalue weighted by molar-refractivity contribution is -0.141. The minimum absolute atomic E-state index is 0.0785. The van der Waals surface area contributed by atoms with Crippen LogP contribution in [0.3, 0.4) is 0 Å². The fourth-order valence-corrected chi connectivity index (χ4v) is 3.48. The highest BCUT2D eigenvalue weighted by Gasteiger charge is 2.39. The van der Waals surface area contributed by atoms with Crippen LogP contribution in [0.2, 0.25) is 0 Å². The molecule has 5 nitrogen and oxygen atoms in total. The number of carboxylic acid groups (broad SMARTS) is 1. The maximum atomic E-state index is 12.2. The Morgan fingerprint density at radius 1 is 1.44 bits per heavy atom. The average molecular weight is 270 g/mol. The van der Waals surface area contributed by atoms with Gasteiger partial charge in [0.25, 0.3) is 0 Å². The van der Waals surface area contributed by atoms with Crippen LogP contribution in [0.25, 0.3) is 0 Å². The minimum atomic E-state index is -0.925. The van der Waals surface area contributed by atoms with Crippen molar-refractivity contribution in [2.24, 2.45) is 0 Å². The molecule has 0 radical (unpaired) electrons. The van der Waals surface area contributed by atoms with Gasteiger partial charge >= 0.3 is 12.0 Å². The first-order valence-corrected chi connectivity index (χ1v) is 7.22. The summed E-state index contributed by atoms with van der Waals surface area (Å²) in [4.78, 5) is 24.7. The van der Waals surface area contributed by atoms with Crippen LogP contribution >= 0.6 is 11.8 Å². The first-order chi connectivity index (χ1) is 8.59. The zero-order valence-corrected chi connectivity index (χ0v) is 11.2. The number of hydrogen-bond donors (Lipinski definition) is 2. The maximum absolute atomic E-state index is 12.2. The van der Waals surface area contributed by atoms with E-state index < -0.39 is 12.0 Å². The van der Waals surface area contributed by atoms with Gasteiger partial charge in [0.1, 0.15) is 6.04 Å². The number of aliphatic carboxylic acids is 1. The molecule has 0 saturated carbocycles. The lowest BCUT2D eigenvalue weighted by Gasteiger charge is -2.28. The van der Waals surface area contributed by atoms with Crippen molar-refractivity contribution in [3.63, 3.8) is 0 Å². The molecular weight excluding hydrogens is 252 g/mol. The molecule has 0 bridgehead atoms. The van der Waals surface area contributed by atoms with Gasteiger partial charge in [-0.1, -0.05) is 12.2 Å². The molecule has 3 unspecified atom stereocenters. The monoisotopic (exact) mass is 270 g/mol. The van der Waals surface area contributed by atoms with E-state index in [1.807, 2.05) is 6.92 Å². The highest BCUT2D eigenvalue weighted by molar-refractivity contribution is 8.00. The SMILES string of the molecule is CC1SCC(C(=O)O)N1C(=O)NC1CC=CCC1. The van der Waals surface area contributed by atoms with E-state index in [1.54, 1.807) is 0 Å². The second-order valence-corrected chi connectivity index (χ2v) is 5.97. The van der Waals surface area contributed by atoms with Crippen molar-refractivity contribution < 1.29 is 14.7 Å².